The van der Waals surface area contributed by atoms with Gasteiger partial charge < -0.3 is 19.5 Å². The van der Waals surface area contributed by atoms with Crippen LogP contribution in [0.3, 0.4) is 0 Å². The molecule has 0 saturated heterocycles. The van der Waals surface area contributed by atoms with Crippen molar-refractivity contribution in [2.24, 2.45) is 0 Å². The molecule has 8 heteroatoms. The van der Waals surface area contributed by atoms with Crippen LogP contribution in [0, 0.1) is 28.7 Å². The zero-order valence-corrected chi connectivity index (χ0v) is 19.9. The molecule has 1 N–H and O–H groups in total. The van der Waals surface area contributed by atoms with E-state index in [4.69, 9.17) is 9.47 Å². The summed E-state index contributed by atoms with van der Waals surface area (Å²) < 4.78 is 16.4. The quantitative estimate of drug-likeness (QED) is 0.233. The first-order valence-corrected chi connectivity index (χ1v) is 10.5. The molecule has 0 spiro atoms. The van der Waals surface area contributed by atoms with Crippen molar-refractivity contribution in [2.45, 2.75) is 20.8 Å². The van der Waals surface area contributed by atoms with Gasteiger partial charge in [-0.15, -0.1) is 0 Å². The normalized spacial score (nSPS) is 10.8. The highest BCUT2D eigenvalue weighted by Crippen LogP contribution is 2.35. The van der Waals surface area contributed by atoms with Gasteiger partial charge in [-0.2, -0.15) is 5.26 Å². The number of benzene rings is 2. The minimum Gasteiger partial charge on any atom is -0.490 e. The van der Waals surface area contributed by atoms with E-state index in [2.05, 4.69) is 10.1 Å². The highest BCUT2D eigenvalue weighted by Gasteiger charge is 2.16. The van der Waals surface area contributed by atoms with E-state index in [0.29, 0.717) is 32.9 Å². The Hall–Kier alpha value is -3.06. The molecule has 0 aliphatic carbocycles. The van der Waals surface area contributed by atoms with Crippen LogP contribution in [0.15, 0.2) is 35.9 Å². The van der Waals surface area contributed by atoms with Crippen LogP contribution in [0.4, 0.5) is 5.69 Å². The van der Waals surface area contributed by atoms with E-state index < -0.39 is 11.9 Å². The summed E-state index contributed by atoms with van der Waals surface area (Å²) in [4.78, 5) is 24.0. The lowest BCUT2D eigenvalue weighted by Crippen LogP contribution is -2.14. The number of rotatable bonds is 8. The van der Waals surface area contributed by atoms with Crippen LogP contribution in [0.25, 0.3) is 6.08 Å². The van der Waals surface area contributed by atoms with Crippen LogP contribution in [-0.4, -0.2) is 32.2 Å². The van der Waals surface area contributed by atoms with Gasteiger partial charge in [-0.25, -0.2) is 4.79 Å². The Bertz CT molecular complexity index is 1060. The number of carbonyl (C=O) groups is 2. The molecular formula is C23H23IN2O5. The fraction of sp³-hybridized carbons (Fsp3) is 0.261. The number of hydrogen-bond donors (Lipinski definition) is 1. The van der Waals surface area contributed by atoms with Gasteiger partial charge in [-0.3, -0.25) is 4.79 Å². The lowest BCUT2D eigenvalue weighted by Gasteiger charge is -2.14. The first-order chi connectivity index (χ1) is 14.8. The number of anilines is 1. The van der Waals surface area contributed by atoms with E-state index in [1.807, 2.05) is 61.6 Å². The van der Waals surface area contributed by atoms with Gasteiger partial charge in [0.2, 0.25) is 0 Å². The summed E-state index contributed by atoms with van der Waals surface area (Å²) in [6.07, 6.45) is 1.48. The number of ether oxygens (including phenoxy) is 3. The highest BCUT2D eigenvalue weighted by molar-refractivity contribution is 14.1. The highest BCUT2D eigenvalue weighted by atomic mass is 127. The van der Waals surface area contributed by atoms with Gasteiger partial charge in [-0.1, -0.05) is 6.07 Å². The molecule has 0 bridgehead atoms. The monoisotopic (exact) mass is 534 g/mol. The van der Waals surface area contributed by atoms with Crippen LogP contribution in [0.1, 0.15) is 23.6 Å². The Balaban J connectivity index is 2.31. The second-order valence-corrected chi connectivity index (χ2v) is 7.71. The number of nitriles is 1. The minimum absolute atomic E-state index is 0.0558. The number of carbonyl (C=O) groups excluding carboxylic acids is 2. The number of nitrogens with one attached hydrogen (secondary N) is 1. The van der Waals surface area contributed by atoms with E-state index in [1.165, 1.54) is 13.2 Å². The van der Waals surface area contributed by atoms with Gasteiger partial charge >= 0.3 is 5.97 Å². The summed E-state index contributed by atoms with van der Waals surface area (Å²) in [6.45, 7) is 5.86. The van der Waals surface area contributed by atoms with Crippen molar-refractivity contribution < 1.29 is 23.8 Å². The zero-order chi connectivity index (χ0) is 23.0. The molecule has 0 fully saturated rings. The van der Waals surface area contributed by atoms with E-state index >= 15 is 0 Å². The van der Waals surface area contributed by atoms with Crippen LogP contribution in [0.2, 0.25) is 0 Å². The molecule has 0 saturated carbocycles. The lowest BCUT2D eigenvalue weighted by molar-refractivity contribution is -0.142. The Morgan fingerprint density at radius 1 is 1.16 bits per heavy atom. The molecule has 2 aromatic rings. The van der Waals surface area contributed by atoms with Crippen LogP contribution < -0.4 is 14.8 Å². The molecule has 162 valence electrons. The summed E-state index contributed by atoms with van der Waals surface area (Å²) in [5.41, 5.74) is 3.30. The van der Waals surface area contributed by atoms with Gasteiger partial charge in [0.1, 0.15) is 11.6 Å². The van der Waals surface area contributed by atoms with Crippen molar-refractivity contribution in [3.63, 3.8) is 0 Å². The summed E-state index contributed by atoms with van der Waals surface area (Å²) in [6, 6.07) is 10.9. The summed E-state index contributed by atoms with van der Waals surface area (Å²) in [5, 5.41) is 12.3. The molecule has 0 atom stereocenters. The maximum atomic E-state index is 12.6. The zero-order valence-electron chi connectivity index (χ0n) is 17.7. The number of aryl methyl sites for hydroxylation is 2. The van der Waals surface area contributed by atoms with Gasteiger partial charge in [0, 0.05) is 5.69 Å². The molecule has 0 aliphatic heterocycles. The van der Waals surface area contributed by atoms with E-state index in [1.54, 1.807) is 18.2 Å². The molecule has 2 aromatic carbocycles. The number of hydrogen-bond acceptors (Lipinski definition) is 6. The number of amides is 1. The maximum Gasteiger partial charge on any atom is 0.343 e. The van der Waals surface area contributed by atoms with Gasteiger partial charge in [0.25, 0.3) is 5.91 Å². The third-order valence-corrected chi connectivity index (χ3v) is 5.14. The number of nitrogens with zero attached hydrogens (tertiary/aromatic N) is 1. The fourth-order valence-electron chi connectivity index (χ4n) is 2.60. The third-order valence-electron chi connectivity index (χ3n) is 4.33. The van der Waals surface area contributed by atoms with Gasteiger partial charge in [0.15, 0.2) is 18.1 Å². The predicted molar refractivity (Wildman–Crippen MR) is 126 cm³/mol. The molecular weight excluding hydrogens is 511 g/mol. The third kappa shape index (κ3) is 6.72. The average molecular weight is 534 g/mol. The van der Waals surface area contributed by atoms with E-state index in [0.717, 1.165) is 11.1 Å². The van der Waals surface area contributed by atoms with Crippen molar-refractivity contribution in [3.05, 3.63) is 56.2 Å². The summed E-state index contributed by atoms with van der Waals surface area (Å²) in [5.74, 6) is -0.235. The van der Waals surface area contributed by atoms with Gasteiger partial charge in [-0.05, 0) is 90.4 Å². The lowest BCUT2D eigenvalue weighted by atomic mass is 10.1. The Morgan fingerprint density at radius 2 is 1.90 bits per heavy atom. The van der Waals surface area contributed by atoms with Crippen LogP contribution in [0.5, 0.6) is 11.5 Å². The first-order valence-electron chi connectivity index (χ1n) is 9.45. The van der Waals surface area contributed by atoms with E-state index in [9.17, 15) is 14.9 Å². The molecule has 0 aliphatic rings. The van der Waals surface area contributed by atoms with Crippen molar-refractivity contribution in [3.8, 4) is 17.6 Å². The molecule has 31 heavy (non-hydrogen) atoms. The maximum absolute atomic E-state index is 12.6. The van der Waals surface area contributed by atoms with Crippen molar-refractivity contribution in [1.82, 2.24) is 0 Å². The van der Waals surface area contributed by atoms with Crippen LogP contribution in [-0.2, 0) is 14.3 Å². The summed E-state index contributed by atoms with van der Waals surface area (Å²) in [7, 11) is 1.28. The number of halogens is 1. The smallest absolute Gasteiger partial charge is 0.343 e. The first kappa shape index (κ1) is 24.2. The second-order valence-electron chi connectivity index (χ2n) is 6.55. The Morgan fingerprint density at radius 3 is 2.52 bits per heavy atom. The molecule has 2 rings (SSSR count). The summed E-state index contributed by atoms with van der Waals surface area (Å²) >= 11 is 2.04. The molecule has 1 amide bonds. The van der Waals surface area contributed by atoms with Crippen molar-refractivity contribution >= 4 is 46.2 Å². The van der Waals surface area contributed by atoms with Crippen LogP contribution >= 0.6 is 22.6 Å². The molecule has 0 aromatic heterocycles. The van der Waals surface area contributed by atoms with Crippen molar-refractivity contribution in [1.29, 1.82) is 5.26 Å². The number of esters is 1. The average Bonchev–Trinajstić information content (AvgIpc) is 2.73. The Kier molecular flexibility index (Phi) is 8.88. The van der Waals surface area contributed by atoms with Crippen molar-refractivity contribution in [2.75, 3.05) is 25.6 Å². The SMILES string of the molecule is CCOc1cc(/C=C(\C#N)C(=O)Nc2ccc(C)c(C)c2)cc(I)c1OCC(=O)OC. The van der Waals surface area contributed by atoms with E-state index in [-0.39, 0.29) is 12.2 Å². The number of methoxy groups -OCH3 is 1. The second kappa shape index (κ2) is 11.4. The molecule has 0 heterocycles. The Labute approximate surface area is 195 Å². The topological polar surface area (TPSA) is 97.6 Å². The van der Waals surface area contributed by atoms with Gasteiger partial charge in [0.05, 0.1) is 17.3 Å². The molecule has 7 nitrogen and oxygen atoms in total. The fourth-order valence-corrected chi connectivity index (χ4v) is 3.38. The largest absolute Gasteiger partial charge is 0.490 e. The minimum atomic E-state index is -0.517. The molecule has 0 unspecified atom stereocenters. The standard InChI is InChI=1S/C23H23IN2O5/c1-5-30-20-11-16(10-19(24)22(20)31-13-21(27)29-4)9-17(12-25)23(28)26-18-7-6-14(2)15(3)8-18/h6-11H,5,13H2,1-4H3,(H,26,28)/b17-9+. The predicted octanol–water partition coefficient (Wildman–Crippen LogP) is 4.40. The molecule has 0 radical (unpaired) electrons.